The van der Waals surface area contributed by atoms with Crippen molar-refractivity contribution in [2.75, 3.05) is 6.54 Å². The van der Waals surface area contributed by atoms with E-state index in [4.69, 9.17) is 0 Å². The summed E-state index contributed by atoms with van der Waals surface area (Å²) in [6.07, 6.45) is 6.96. The highest BCUT2D eigenvalue weighted by molar-refractivity contribution is 5.95. The first kappa shape index (κ1) is 18.3. The van der Waals surface area contributed by atoms with E-state index >= 15 is 0 Å². The van der Waals surface area contributed by atoms with Crippen LogP contribution in [-0.2, 0) is 6.54 Å². The monoisotopic (exact) mass is 373 g/mol. The average Bonchev–Trinajstić information content (AvgIpc) is 2.75. The van der Waals surface area contributed by atoms with E-state index in [0.717, 1.165) is 36.3 Å². The third kappa shape index (κ3) is 3.94. The van der Waals surface area contributed by atoms with Crippen molar-refractivity contribution < 1.29 is 9.90 Å². The zero-order valence-electron chi connectivity index (χ0n) is 15.7. The van der Waals surface area contributed by atoms with E-state index < -0.39 is 5.97 Å². The fourth-order valence-electron chi connectivity index (χ4n) is 3.96. The van der Waals surface area contributed by atoms with Crippen LogP contribution in [0, 0.1) is 0 Å². The van der Waals surface area contributed by atoms with Gasteiger partial charge in [-0.1, -0.05) is 48.9 Å². The molecule has 1 atom stereocenters. The molecule has 1 fully saturated rings. The number of rotatable bonds is 5. The standard InChI is InChI=1S/C23H23N3O2/c27-23(28)20-6-2-1-5-19(20)18-10-8-17(9-11-18)15-26-14-4-3-7-22(26)21-12-13-24-16-25-21/h1-2,5-6,8-13,16,22H,3-4,7,14-15H2,(H,27,28). The number of nitrogens with zero attached hydrogens (tertiary/aromatic N) is 3. The molecule has 1 aromatic heterocycles. The summed E-state index contributed by atoms with van der Waals surface area (Å²) in [5, 5.41) is 9.42. The molecule has 0 saturated carbocycles. The topological polar surface area (TPSA) is 66.3 Å². The number of likely N-dealkylation sites (tertiary alicyclic amines) is 1. The van der Waals surface area contributed by atoms with E-state index in [-0.39, 0.29) is 0 Å². The Kier molecular flexibility index (Phi) is 5.44. The number of aromatic carboxylic acids is 1. The predicted octanol–water partition coefficient (Wildman–Crippen LogP) is 4.57. The summed E-state index contributed by atoms with van der Waals surface area (Å²) in [5.41, 5.74) is 4.31. The van der Waals surface area contributed by atoms with Gasteiger partial charge in [0.05, 0.1) is 17.3 Å². The van der Waals surface area contributed by atoms with Crippen LogP contribution in [0.25, 0.3) is 11.1 Å². The summed E-state index contributed by atoms with van der Waals surface area (Å²) in [7, 11) is 0. The van der Waals surface area contributed by atoms with Gasteiger partial charge in [0.15, 0.2) is 0 Å². The minimum Gasteiger partial charge on any atom is -0.478 e. The van der Waals surface area contributed by atoms with Crippen LogP contribution in [0.1, 0.15) is 46.9 Å². The van der Waals surface area contributed by atoms with Gasteiger partial charge in [0.25, 0.3) is 0 Å². The lowest BCUT2D eigenvalue weighted by Crippen LogP contribution is -2.33. The van der Waals surface area contributed by atoms with Gasteiger partial charge in [-0.25, -0.2) is 14.8 Å². The lowest BCUT2D eigenvalue weighted by molar-refractivity contribution is 0.0697. The highest BCUT2D eigenvalue weighted by atomic mass is 16.4. The number of aromatic nitrogens is 2. The van der Waals surface area contributed by atoms with Crippen LogP contribution >= 0.6 is 0 Å². The van der Waals surface area contributed by atoms with Gasteiger partial charge in [0.2, 0.25) is 0 Å². The highest BCUT2D eigenvalue weighted by Crippen LogP contribution is 2.31. The van der Waals surface area contributed by atoms with Crippen LogP contribution in [0.15, 0.2) is 67.1 Å². The van der Waals surface area contributed by atoms with Gasteiger partial charge in [-0.3, -0.25) is 4.90 Å². The molecule has 0 spiro atoms. The minimum atomic E-state index is -0.902. The predicted molar refractivity (Wildman–Crippen MR) is 108 cm³/mol. The maximum Gasteiger partial charge on any atom is 0.336 e. The van der Waals surface area contributed by atoms with Gasteiger partial charge in [-0.2, -0.15) is 0 Å². The Labute approximate surface area is 164 Å². The Hall–Kier alpha value is -3.05. The Balaban J connectivity index is 1.54. The molecule has 0 amide bonds. The van der Waals surface area contributed by atoms with E-state index in [0.29, 0.717) is 11.6 Å². The van der Waals surface area contributed by atoms with Crippen molar-refractivity contribution in [3.8, 4) is 11.1 Å². The molecular formula is C23H23N3O2. The molecule has 4 rings (SSSR count). The summed E-state index contributed by atoms with van der Waals surface area (Å²) in [6, 6.07) is 17.7. The van der Waals surface area contributed by atoms with E-state index in [1.165, 1.54) is 18.4 Å². The quantitative estimate of drug-likeness (QED) is 0.710. The molecule has 1 aliphatic heterocycles. The molecule has 1 aliphatic rings. The van der Waals surface area contributed by atoms with Crippen LogP contribution in [0.2, 0.25) is 0 Å². The summed E-state index contributed by atoms with van der Waals surface area (Å²) in [5.74, 6) is -0.902. The number of carboxylic acids is 1. The highest BCUT2D eigenvalue weighted by Gasteiger charge is 2.25. The minimum absolute atomic E-state index is 0.323. The third-order valence-corrected chi connectivity index (χ3v) is 5.37. The second kappa shape index (κ2) is 8.31. The van der Waals surface area contributed by atoms with Gasteiger partial charge < -0.3 is 5.11 Å². The summed E-state index contributed by atoms with van der Waals surface area (Å²) < 4.78 is 0. The van der Waals surface area contributed by atoms with Gasteiger partial charge in [-0.15, -0.1) is 0 Å². The fraction of sp³-hybridized carbons (Fsp3) is 0.261. The number of hydrogen-bond acceptors (Lipinski definition) is 4. The van der Waals surface area contributed by atoms with Gasteiger partial charge in [-0.05, 0) is 48.2 Å². The third-order valence-electron chi connectivity index (χ3n) is 5.37. The zero-order valence-corrected chi connectivity index (χ0v) is 15.7. The molecule has 142 valence electrons. The summed E-state index contributed by atoms with van der Waals surface area (Å²) in [6.45, 7) is 1.91. The van der Waals surface area contributed by atoms with Gasteiger partial charge in [0, 0.05) is 12.7 Å². The van der Waals surface area contributed by atoms with Crippen LogP contribution in [-0.4, -0.2) is 32.5 Å². The SMILES string of the molecule is O=C(O)c1ccccc1-c1ccc(CN2CCCCC2c2ccncn2)cc1. The molecule has 3 aromatic rings. The molecule has 5 heteroatoms. The van der Waals surface area contributed by atoms with E-state index in [9.17, 15) is 9.90 Å². The van der Waals surface area contributed by atoms with Crippen molar-refractivity contribution in [2.45, 2.75) is 31.8 Å². The van der Waals surface area contributed by atoms with Crippen LogP contribution in [0.4, 0.5) is 0 Å². The molecule has 1 unspecified atom stereocenters. The number of benzene rings is 2. The fourth-order valence-corrected chi connectivity index (χ4v) is 3.96. The van der Waals surface area contributed by atoms with Gasteiger partial charge in [0.1, 0.15) is 6.33 Å². The molecule has 0 aliphatic carbocycles. The smallest absolute Gasteiger partial charge is 0.336 e. The molecule has 28 heavy (non-hydrogen) atoms. The largest absolute Gasteiger partial charge is 0.478 e. The van der Waals surface area contributed by atoms with Crippen molar-refractivity contribution in [3.63, 3.8) is 0 Å². The first-order chi connectivity index (χ1) is 13.7. The molecule has 1 saturated heterocycles. The molecule has 0 bridgehead atoms. The molecule has 5 nitrogen and oxygen atoms in total. The molecule has 2 aromatic carbocycles. The Bertz CT molecular complexity index is 942. The Morgan fingerprint density at radius 2 is 1.89 bits per heavy atom. The molecular weight excluding hydrogens is 350 g/mol. The van der Waals surface area contributed by atoms with Crippen molar-refractivity contribution in [3.05, 3.63) is 83.9 Å². The van der Waals surface area contributed by atoms with Crippen molar-refractivity contribution in [2.24, 2.45) is 0 Å². The molecule has 0 radical (unpaired) electrons. The van der Waals surface area contributed by atoms with E-state index in [1.807, 2.05) is 36.5 Å². The summed E-state index contributed by atoms with van der Waals surface area (Å²) in [4.78, 5) is 22.5. The van der Waals surface area contributed by atoms with E-state index in [1.54, 1.807) is 18.5 Å². The molecule has 1 N–H and O–H groups in total. The average molecular weight is 373 g/mol. The second-order valence-electron chi connectivity index (χ2n) is 7.16. The molecule has 2 heterocycles. The van der Waals surface area contributed by atoms with Crippen LogP contribution in [0.5, 0.6) is 0 Å². The summed E-state index contributed by atoms with van der Waals surface area (Å²) >= 11 is 0. The number of hydrogen-bond donors (Lipinski definition) is 1. The maximum absolute atomic E-state index is 11.5. The lowest BCUT2D eigenvalue weighted by atomic mass is 9.96. The first-order valence-electron chi connectivity index (χ1n) is 9.64. The Morgan fingerprint density at radius 1 is 1.07 bits per heavy atom. The van der Waals surface area contributed by atoms with Gasteiger partial charge >= 0.3 is 5.97 Å². The van der Waals surface area contributed by atoms with Crippen molar-refractivity contribution in [1.82, 2.24) is 14.9 Å². The number of carbonyl (C=O) groups is 1. The Morgan fingerprint density at radius 3 is 2.64 bits per heavy atom. The number of piperidine rings is 1. The normalized spacial score (nSPS) is 17.4. The lowest BCUT2D eigenvalue weighted by Gasteiger charge is -2.35. The second-order valence-corrected chi connectivity index (χ2v) is 7.16. The maximum atomic E-state index is 11.5. The number of carboxylic acid groups (broad SMARTS) is 1. The van der Waals surface area contributed by atoms with E-state index in [2.05, 4.69) is 27.0 Å². The first-order valence-corrected chi connectivity index (χ1v) is 9.64. The van der Waals surface area contributed by atoms with Crippen molar-refractivity contribution >= 4 is 5.97 Å². The van der Waals surface area contributed by atoms with Crippen molar-refractivity contribution in [1.29, 1.82) is 0 Å². The zero-order chi connectivity index (χ0) is 19.3. The van der Waals surface area contributed by atoms with Crippen LogP contribution in [0.3, 0.4) is 0 Å². The van der Waals surface area contributed by atoms with Crippen LogP contribution < -0.4 is 0 Å².